The van der Waals surface area contributed by atoms with E-state index in [0.29, 0.717) is 40.0 Å². The van der Waals surface area contributed by atoms with Crippen LogP contribution in [-0.4, -0.2) is 48.9 Å². The second kappa shape index (κ2) is 9.46. The number of sulfonamides is 1. The number of hydrazine groups is 1. The molecule has 0 spiro atoms. The average Bonchev–Trinajstić information content (AvgIpc) is 2.81. The number of carbonyl (C=O) groups is 2. The summed E-state index contributed by atoms with van der Waals surface area (Å²) in [5.41, 5.74) is 7.42. The molecule has 0 unspecified atom stereocenters. The molecular formula is C23H23ClN4O4S. The second-order valence-corrected chi connectivity index (χ2v) is 10.4. The number of hydrogen-bond acceptors (Lipinski definition) is 5. The monoisotopic (exact) mass is 486 g/mol. The fourth-order valence-electron chi connectivity index (χ4n) is 3.87. The molecule has 2 N–H and O–H groups in total. The van der Waals surface area contributed by atoms with Gasteiger partial charge in [0.1, 0.15) is 0 Å². The molecule has 0 atom stereocenters. The van der Waals surface area contributed by atoms with Gasteiger partial charge in [0.25, 0.3) is 5.91 Å². The van der Waals surface area contributed by atoms with Crippen LogP contribution in [0, 0.1) is 5.92 Å². The fraction of sp³-hybridized carbons (Fsp3) is 0.261. The van der Waals surface area contributed by atoms with Gasteiger partial charge < -0.3 is 0 Å². The van der Waals surface area contributed by atoms with E-state index < -0.39 is 15.9 Å². The molecule has 1 saturated heterocycles. The van der Waals surface area contributed by atoms with Crippen LogP contribution in [0.2, 0.25) is 5.02 Å². The number of nitrogens with one attached hydrogen (secondary N) is 2. The highest BCUT2D eigenvalue weighted by atomic mass is 35.5. The summed E-state index contributed by atoms with van der Waals surface area (Å²) in [5, 5.41) is 1.26. The zero-order chi connectivity index (χ0) is 23.6. The first-order chi connectivity index (χ1) is 15.7. The van der Waals surface area contributed by atoms with Gasteiger partial charge in [-0.1, -0.05) is 41.9 Å². The number of pyridine rings is 1. The van der Waals surface area contributed by atoms with E-state index in [0.717, 1.165) is 11.8 Å². The quantitative estimate of drug-likeness (QED) is 0.551. The van der Waals surface area contributed by atoms with Crippen LogP contribution in [0.25, 0.3) is 22.2 Å². The first-order valence-electron chi connectivity index (χ1n) is 10.4. The summed E-state index contributed by atoms with van der Waals surface area (Å²) in [6.07, 6.45) is 1.95. The number of benzene rings is 2. The molecule has 8 nitrogen and oxygen atoms in total. The summed E-state index contributed by atoms with van der Waals surface area (Å²) in [7, 11) is -3.27. The number of carbonyl (C=O) groups excluding carboxylic acids is 2. The molecule has 1 aliphatic heterocycles. The zero-order valence-electron chi connectivity index (χ0n) is 17.9. The number of aromatic nitrogens is 1. The number of fused-ring (bicyclic) bond motifs is 1. The highest BCUT2D eigenvalue weighted by Crippen LogP contribution is 2.26. The van der Waals surface area contributed by atoms with Crippen molar-refractivity contribution in [2.24, 2.45) is 5.92 Å². The van der Waals surface area contributed by atoms with Crippen molar-refractivity contribution in [2.45, 2.75) is 12.8 Å². The summed E-state index contributed by atoms with van der Waals surface area (Å²) >= 11 is 5.98. The number of piperidine rings is 1. The molecule has 1 aromatic heterocycles. The predicted octanol–water partition coefficient (Wildman–Crippen LogP) is 2.99. The van der Waals surface area contributed by atoms with Gasteiger partial charge in [0.05, 0.1) is 23.0 Å². The number of nitrogens with zero attached hydrogens (tertiary/aromatic N) is 2. The van der Waals surface area contributed by atoms with E-state index in [2.05, 4.69) is 15.8 Å². The summed E-state index contributed by atoms with van der Waals surface area (Å²) < 4.78 is 24.6. The lowest BCUT2D eigenvalue weighted by Gasteiger charge is -2.29. The highest BCUT2D eigenvalue weighted by Gasteiger charge is 2.29. The Morgan fingerprint density at radius 1 is 1.03 bits per heavy atom. The van der Waals surface area contributed by atoms with Crippen molar-refractivity contribution in [3.05, 3.63) is 65.2 Å². The first kappa shape index (κ1) is 23.2. The number of halogens is 1. The SMILES string of the molecule is CS(=O)(=O)N1CCC(C(=O)NNC(=O)c2cc(-c3ccc(Cl)cc3)nc3ccccc23)CC1. The third kappa shape index (κ3) is 5.32. The Labute approximate surface area is 197 Å². The number of rotatable bonds is 4. The van der Waals surface area contributed by atoms with E-state index in [9.17, 15) is 18.0 Å². The number of amides is 2. The first-order valence-corrected chi connectivity index (χ1v) is 12.7. The molecule has 2 aromatic carbocycles. The Morgan fingerprint density at radius 2 is 1.70 bits per heavy atom. The van der Waals surface area contributed by atoms with Crippen LogP contribution in [0.5, 0.6) is 0 Å². The van der Waals surface area contributed by atoms with Crippen molar-refractivity contribution in [1.82, 2.24) is 20.1 Å². The Hall–Kier alpha value is -3.01. The van der Waals surface area contributed by atoms with E-state index in [-0.39, 0.29) is 24.9 Å². The van der Waals surface area contributed by atoms with Crippen molar-refractivity contribution in [2.75, 3.05) is 19.3 Å². The van der Waals surface area contributed by atoms with E-state index in [1.54, 1.807) is 24.3 Å². The fourth-order valence-corrected chi connectivity index (χ4v) is 4.87. The Morgan fingerprint density at radius 3 is 2.36 bits per heavy atom. The molecule has 4 rings (SSSR count). The molecule has 10 heteroatoms. The summed E-state index contributed by atoms with van der Waals surface area (Å²) in [4.78, 5) is 30.2. The van der Waals surface area contributed by atoms with Gasteiger partial charge in [0, 0.05) is 35.0 Å². The van der Waals surface area contributed by atoms with Gasteiger partial charge >= 0.3 is 0 Å². The molecule has 1 aliphatic rings. The molecule has 0 aliphatic carbocycles. The van der Waals surface area contributed by atoms with Crippen molar-refractivity contribution >= 4 is 44.3 Å². The molecule has 33 heavy (non-hydrogen) atoms. The van der Waals surface area contributed by atoms with E-state index in [4.69, 9.17) is 11.6 Å². The predicted molar refractivity (Wildman–Crippen MR) is 127 cm³/mol. The van der Waals surface area contributed by atoms with Crippen LogP contribution in [0.3, 0.4) is 0 Å². The Balaban J connectivity index is 1.50. The smallest absolute Gasteiger partial charge is 0.270 e. The zero-order valence-corrected chi connectivity index (χ0v) is 19.5. The molecule has 0 bridgehead atoms. The molecule has 1 fully saturated rings. The van der Waals surface area contributed by atoms with Crippen LogP contribution >= 0.6 is 11.6 Å². The van der Waals surface area contributed by atoms with Crippen molar-refractivity contribution in [1.29, 1.82) is 0 Å². The molecular weight excluding hydrogens is 464 g/mol. The van der Waals surface area contributed by atoms with Crippen LogP contribution in [0.1, 0.15) is 23.2 Å². The van der Waals surface area contributed by atoms with Gasteiger partial charge in [-0.15, -0.1) is 0 Å². The lowest BCUT2D eigenvalue weighted by atomic mass is 9.97. The van der Waals surface area contributed by atoms with Crippen molar-refractivity contribution < 1.29 is 18.0 Å². The topological polar surface area (TPSA) is 108 Å². The molecule has 172 valence electrons. The van der Waals surface area contributed by atoms with Gasteiger partial charge in [0.15, 0.2) is 0 Å². The summed E-state index contributed by atoms with van der Waals surface area (Å²) in [5.74, 6) is -1.18. The van der Waals surface area contributed by atoms with Gasteiger partial charge in [0.2, 0.25) is 15.9 Å². The second-order valence-electron chi connectivity index (χ2n) is 7.96. The highest BCUT2D eigenvalue weighted by molar-refractivity contribution is 7.88. The number of para-hydroxylation sites is 1. The van der Waals surface area contributed by atoms with Gasteiger partial charge in [-0.25, -0.2) is 17.7 Å². The maximum absolute atomic E-state index is 13.0. The number of hydrogen-bond donors (Lipinski definition) is 2. The van der Waals surface area contributed by atoms with Crippen LogP contribution in [0.4, 0.5) is 0 Å². The van der Waals surface area contributed by atoms with Crippen LogP contribution < -0.4 is 10.9 Å². The van der Waals surface area contributed by atoms with E-state index in [1.165, 1.54) is 4.31 Å². The van der Waals surface area contributed by atoms with Crippen molar-refractivity contribution in [3.8, 4) is 11.3 Å². The lowest BCUT2D eigenvalue weighted by molar-refractivity contribution is -0.126. The minimum atomic E-state index is -3.27. The summed E-state index contributed by atoms with van der Waals surface area (Å²) in [6, 6.07) is 16.1. The Kier molecular flexibility index (Phi) is 6.64. The largest absolute Gasteiger partial charge is 0.273 e. The third-order valence-electron chi connectivity index (χ3n) is 5.69. The van der Waals surface area contributed by atoms with Crippen LogP contribution in [-0.2, 0) is 14.8 Å². The third-order valence-corrected chi connectivity index (χ3v) is 7.25. The molecule has 0 saturated carbocycles. The van der Waals surface area contributed by atoms with E-state index >= 15 is 0 Å². The summed E-state index contributed by atoms with van der Waals surface area (Å²) in [6.45, 7) is 0.564. The van der Waals surface area contributed by atoms with Gasteiger partial charge in [-0.05, 0) is 37.1 Å². The van der Waals surface area contributed by atoms with Gasteiger partial charge in [-0.3, -0.25) is 20.4 Å². The molecule has 3 aromatic rings. The molecule has 2 heterocycles. The standard InChI is InChI=1S/C23H23ClN4O4S/c1-33(31,32)28-12-10-16(11-13-28)22(29)26-27-23(30)19-14-21(15-6-8-17(24)9-7-15)25-20-5-3-2-4-18(19)20/h2-9,14,16H,10-13H2,1H3,(H,26,29)(H,27,30). The minimum absolute atomic E-state index is 0.282. The normalized spacial score (nSPS) is 15.3. The van der Waals surface area contributed by atoms with Crippen LogP contribution in [0.15, 0.2) is 54.6 Å². The van der Waals surface area contributed by atoms with Gasteiger partial charge in [-0.2, -0.15) is 0 Å². The molecule has 0 radical (unpaired) electrons. The van der Waals surface area contributed by atoms with E-state index in [1.807, 2.05) is 30.3 Å². The maximum atomic E-state index is 13.0. The lowest BCUT2D eigenvalue weighted by Crippen LogP contribution is -2.48. The van der Waals surface area contributed by atoms with Crippen molar-refractivity contribution in [3.63, 3.8) is 0 Å². The average molecular weight is 487 g/mol. The minimum Gasteiger partial charge on any atom is -0.273 e. The maximum Gasteiger partial charge on any atom is 0.270 e. The Bertz CT molecular complexity index is 1300. The molecule has 2 amide bonds.